The smallest absolute Gasteiger partial charge is 0.447 e. The third-order valence-corrected chi connectivity index (χ3v) is 0.184. The molecule has 0 heterocycles. The fraction of sp³-hybridized carbons (Fsp3) is 0. The third kappa shape index (κ3) is 15.8. The van der Waals surface area contributed by atoms with E-state index in [9.17, 15) is 9.59 Å². The van der Waals surface area contributed by atoms with Crippen molar-refractivity contribution in [1.29, 1.82) is 0 Å². The minimum Gasteiger partial charge on any atom is -0.447 e. The van der Waals surface area contributed by atoms with E-state index in [0.29, 0.717) is 0 Å². The van der Waals surface area contributed by atoms with Gasteiger partial charge in [-0.05, 0) is 0 Å². The van der Waals surface area contributed by atoms with Gasteiger partial charge >= 0.3 is 12.3 Å². The quantitative estimate of drug-likeness (QED) is 0.288. The van der Waals surface area contributed by atoms with E-state index in [-0.39, 0.29) is 59.1 Å². The number of hydrogen-bond donors (Lipinski definition) is 2. The van der Waals surface area contributed by atoms with E-state index < -0.39 is 12.3 Å². The standard InChI is InChI=1S/C2H2O6.2Na/c3-1(4)7-8-2(5)6;;/h(H,3,4)(H,5,6);;. The molecular weight excluding hydrogens is 166 g/mol. The molecule has 0 fully saturated rings. The molecule has 0 spiro atoms. The normalized spacial score (nSPS) is 6.00. The van der Waals surface area contributed by atoms with Crippen molar-refractivity contribution in [3.8, 4) is 0 Å². The third-order valence-electron chi connectivity index (χ3n) is 0.184. The van der Waals surface area contributed by atoms with Crippen molar-refractivity contribution in [2.45, 2.75) is 0 Å². The Kier molecular flexibility index (Phi) is 16.1. The topological polar surface area (TPSA) is 93.1 Å². The van der Waals surface area contributed by atoms with Gasteiger partial charge in [0.15, 0.2) is 0 Å². The Balaban J connectivity index is -0.000000245. The van der Waals surface area contributed by atoms with Crippen LogP contribution in [0.25, 0.3) is 0 Å². The summed E-state index contributed by atoms with van der Waals surface area (Å²) < 4.78 is 0. The van der Waals surface area contributed by atoms with Gasteiger partial charge in [-0.25, -0.2) is 19.4 Å². The van der Waals surface area contributed by atoms with Gasteiger partial charge in [0.2, 0.25) is 0 Å². The van der Waals surface area contributed by atoms with E-state index in [1.54, 1.807) is 0 Å². The van der Waals surface area contributed by atoms with Crippen LogP contribution in [-0.2, 0) is 9.78 Å². The van der Waals surface area contributed by atoms with Crippen LogP contribution in [0.15, 0.2) is 0 Å². The summed E-state index contributed by atoms with van der Waals surface area (Å²) >= 11 is 0. The summed E-state index contributed by atoms with van der Waals surface area (Å²) in [6.07, 6.45) is -3.60. The molecule has 0 unspecified atom stereocenters. The molecule has 0 rings (SSSR count). The molecule has 0 aromatic heterocycles. The summed E-state index contributed by atoms with van der Waals surface area (Å²) in [4.78, 5) is 24.8. The number of carboxylic acid groups (broad SMARTS) is 2. The average molecular weight is 168 g/mol. The van der Waals surface area contributed by atoms with E-state index in [1.165, 1.54) is 0 Å². The fourth-order valence-corrected chi connectivity index (χ4v) is 0.0713. The van der Waals surface area contributed by atoms with Crippen molar-refractivity contribution >= 4 is 71.4 Å². The van der Waals surface area contributed by atoms with E-state index >= 15 is 0 Å². The van der Waals surface area contributed by atoms with E-state index in [0.717, 1.165) is 0 Å². The maximum atomic E-state index is 9.29. The molecule has 6 nitrogen and oxygen atoms in total. The fourth-order valence-electron chi connectivity index (χ4n) is 0.0713. The first kappa shape index (κ1) is 16.9. The molecule has 0 aromatic carbocycles. The Morgan fingerprint density at radius 1 is 0.900 bits per heavy atom. The summed E-state index contributed by atoms with van der Waals surface area (Å²) in [5, 5.41) is 15.1. The van der Waals surface area contributed by atoms with Gasteiger partial charge in [-0.2, -0.15) is 0 Å². The Morgan fingerprint density at radius 2 is 1.10 bits per heavy atom. The van der Waals surface area contributed by atoms with Gasteiger partial charge in [-0.15, -0.1) is 0 Å². The summed E-state index contributed by atoms with van der Waals surface area (Å²) in [7, 11) is 0. The number of hydrogen-bond acceptors (Lipinski definition) is 4. The second-order valence-electron chi connectivity index (χ2n) is 0.698. The maximum Gasteiger partial charge on any atom is 0.547 e. The van der Waals surface area contributed by atoms with Crippen molar-refractivity contribution in [3.05, 3.63) is 0 Å². The van der Waals surface area contributed by atoms with Gasteiger partial charge < -0.3 is 10.2 Å². The van der Waals surface area contributed by atoms with Crippen LogP contribution < -0.4 is 0 Å². The first-order valence-corrected chi connectivity index (χ1v) is 1.43. The van der Waals surface area contributed by atoms with Gasteiger partial charge in [-0.3, -0.25) is 0 Å². The zero-order chi connectivity index (χ0) is 6.57. The molecule has 0 atom stereocenters. The van der Waals surface area contributed by atoms with Gasteiger partial charge in [0.25, 0.3) is 0 Å². The zero-order valence-electron chi connectivity index (χ0n) is 5.53. The molecule has 8 heteroatoms. The van der Waals surface area contributed by atoms with Crippen molar-refractivity contribution in [1.82, 2.24) is 0 Å². The van der Waals surface area contributed by atoms with Crippen LogP contribution in [0.3, 0.4) is 0 Å². The minimum absolute atomic E-state index is 0. The van der Waals surface area contributed by atoms with Crippen LogP contribution >= 0.6 is 0 Å². The van der Waals surface area contributed by atoms with Crippen molar-refractivity contribution in [2.75, 3.05) is 0 Å². The SMILES string of the molecule is O=C(O)OOC(=O)O.[Na].[Na]. The predicted octanol–water partition coefficient (Wildman–Crippen LogP) is -0.471. The molecule has 0 saturated carbocycles. The summed E-state index contributed by atoms with van der Waals surface area (Å²) in [5.41, 5.74) is 0. The monoisotopic (exact) mass is 168 g/mol. The van der Waals surface area contributed by atoms with Crippen molar-refractivity contribution < 1.29 is 29.6 Å². The van der Waals surface area contributed by atoms with Gasteiger partial charge in [0.05, 0.1) is 0 Å². The number of carbonyl (C=O) groups is 2. The van der Waals surface area contributed by atoms with E-state index in [4.69, 9.17) is 10.2 Å². The molecule has 0 amide bonds. The van der Waals surface area contributed by atoms with Crippen molar-refractivity contribution in [3.63, 3.8) is 0 Å². The number of rotatable bonds is 0. The predicted molar refractivity (Wildman–Crippen MR) is 29.7 cm³/mol. The molecular formula is C2H2Na2O6. The van der Waals surface area contributed by atoms with Gasteiger partial charge in [-0.1, -0.05) is 0 Å². The Labute approximate surface area is 100.0 Å². The van der Waals surface area contributed by atoms with E-state index in [2.05, 4.69) is 9.78 Å². The zero-order valence-corrected chi connectivity index (χ0v) is 9.53. The van der Waals surface area contributed by atoms with Crippen LogP contribution in [0, 0.1) is 0 Å². The first-order chi connectivity index (χ1) is 3.63. The van der Waals surface area contributed by atoms with Crippen LogP contribution in [0.1, 0.15) is 0 Å². The largest absolute Gasteiger partial charge is 0.547 e. The Hall–Kier alpha value is 0.540. The second kappa shape index (κ2) is 9.54. The molecule has 0 bridgehead atoms. The van der Waals surface area contributed by atoms with Crippen LogP contribution in [0.4, 0.5) is 9.59 Å². The summed E-state index contributed by atoms with van der Waals surface area (Å²) in [6, 6.07) is 0. The first-order valence-electron chi connectivity index (χ1n) is 1.43. The second-order valence-corrected chi connectivity index (χ2v) is 0.698. The summed E-state index contributed by atoms with van der Waals surface area (Å²) in [6.45, 7) is 0. The Bertz CT molecular complexity index is 98.3. The molecule has 0 aromatic rings. The molecule has 0 saturated heterocycles. The average Bonchev–Trinajstić information content (AvgIpc) is 1.61. The van der Waals surface area contributed by atoms with Gasteiger partial charge in [0, 0.05) is 59.1 Å². The minimum atomic E-state index is -1.80. The molecule has 0 aliphatic rings. The van der Waals surface area contributed by atoms with Crippen LogP contribution in [0.5, 0.6) is 0 Å². The molecule has 2 N–H and O–H groups in total. The van der Waals surface area contributed by atoms with Gasteiger partial charge in [0.1, 0.15) is 0 Å². The van der Waals surface area contributed by atoms with E-state index in [1.807, 2.05) is 0 Å². The van der Waals surface area contributed by atoms with Crippen LogP contribution in [0.2, 0.25) is 0 Å². The molecule has 10 heavy (non-hydrogen) atoms. The van der Waals surface area contributed by atoms with Crippen molar-refractivity contribution in [2.24, 2.45) is 0 Å². The molecule has 0 aliphatic carbocycles. The Morgan fingerprint density at radius 3 is 1.20 bits per heavy atom. The maximum absolute atomic E-state index is 9.29. The van der Waals surface area contributed by atoms with Crippen LogP contribution in [-0.4, -0.2) is 81.6 Å². The molecule has 0 aliphatic heterocycles. The molecule has 48 valence electrons. The molecule has 2 radical (unpaired) electrons. The summed E-state index contributed by atoms with van der Waals surface area (Å²) in [5.74, 6) is 0.